The third-order valence-corrected chi connectivity index (χ3v) is 3.31. The van der Waals surface area contributed by atoms with E-state index in [4.69, 9.17) is 0 Å². The maximum absolute atomic E-state index is 12.4. The number of carbonyl (C=O) groups is 1. The van der Waals surface area contributed by atoms with Gasteiger partial charge in [-0.15, -0.1) is 0 Å². The normalized spacial score (nSPS) is 11.2. The van der Waals surface area contributed by atoms with Crippen molar-refractivity contribution in [2.75, 3.05) is 13.6 Å². The third-order valence-electron chi connectivity index (χ3n) is 3.31. The van der Waals surface area contributed by atoms with Crippen LogP contribution in [0.1, 0.15) is 36.3 Å². The Hall–Kier alpha value is -1.84. The van der Waals surface area contributed by atoms with E-state index in [9.17, 15) is 4.79 Å². The van der Waals surface area contributed by atoms with Crippen molar-refractivity contribution in [3.8, 4) is 0 Å². The Morgan fingerprint density at radius 2 is 2.16 bits per heavy atom. The lowest BCUT2D eigenvalue weighted by atomic mass is 10.1. The number of fused-ring (bicyclic) bond motifs is 1. The van der Waals surface area contributed by atoms with Gasteiger partial charge in [-0.05, 0) is 31.4 Å². The van der Waals surface area contributed by atoms with Crippen molar-refractivity contribution in [3.05, 3.63) is 29.5 Å². The molecule has 1 N–H and O–H groups in total. The second-order valence-corrected chi connectivity index (χ2v) is 5.53. The molecule has 0 aliphatic heterocycles. The summed E-state index contributed by atoms with van der Waals surface area (Å²) in [5.74, 6) is 0.575. The summed E-state index contributed by atoms with van der Waals surface area (Å²) in [6, 6.07) is 5.97. The SMILES string of the molecule is Cc1ccc2[nH]nc(C(=O)N(C)CCC(C)C)c2c1. The second kappa shape index (κ2) is 5.43. The maximum atomic E-state index is 12.4. The van der Waals surface area contributed by atoms with Crippen LogP contribution in [0.25, 0.3) is 10.9 Å². The molecule has 19 heavy (non-hydrogen) atoms. The number of H-pyrrole nitrogens is 1. The van der Waals surface area contributed by atoms with E-state index in [1.54, 1.807) is 4.90 Å². The van der Waals surface area contributed by atoms with Gasteiger partial charge in [-0.2, -0.15) is 5.10 Å². The number of aryl methyl sites for hydroxylation is 1. The lowest BCUT2D eigenvalue weighted by Gasteiger charge is -2.17. The summed E-state index contributed by atoms with van der Waals surface area (Å²) in [5.41, 5.74) is 2.56. The molecule has 0 saturated carbocycles. The minimum absolute atomic E-state index is 0.0162. The predicted octanol–water partition coefficient (Wildman–Crippen LogP) is 2.99. The van der Waals surface area contributed by atoms with Crippen molar-refractivity contribution < 1.29 is 4.79 Å². The summed E-state index contributed by atoms with van der Waals surface area (Å²) < 4.78 is 0. The maximum Gasteiger partial charge on any atom is 0.274 e. The Kier molecular flexibility index (Phi) is 3.88. The summed E-state index contributed by atoms with van der Waals surface area (Å²) in [7, 11) is 1.83. The first kappa shape index (κ1) is 13.6. The zero-order valence-electron chi connectivity index (χ0n) is 12.0. The number of aromatic amines is 1. The third kappa shape index (κ3) is 2.95. The van der Waals surface area contributed by atoms with Gasteiger partial charge in [0.1, 0.15) is 0 Å². The summed E-state index contributed by atoms with van der Waals surface area (Å²) in [4.78, 5) is 14.1. The van der Waals surface area contributed by atoms with Crippen molar-refractivity contribution in [1.82, 2.24) is 15.1 Å². The largest absolute Gasteiger partial charge is 0.340 e. The monoisotopic (exact) mass is 259 g/mol. The molecule has 0 aliphatic carbocycles. The van der Waals surface area contributed by atoms with Gasteiger partial charge in [0.2, 0.25) is 0 Å². The molecular formula is C15H21N3O. The van der Waals surface area contributed by atoms with E-state index in [0.717, 1.165) is 29.4 Å². The Bertz CT molecular complexity index is 586. The second-order valence-electron chi connectivity index (χ2n) is 5.53. The molecule has 2 rings (SSSR count). The standard InChI is InChI=1S/C15H21N3O/c1-10(2)7-8-18(4)15(19)14-12-9-11(3)5-6-13(12)16-17-14/h5-6,9-10H,7-8H2,1-4H3,(H,16,17). The number of aromatic nitrogens is 2. The zero-order chi connectivity index (χ0) is 14.0. The lowest BCUT2D eigenvalue weighted by molar-refractivity contribution is 0.0785. The van der Waals surface area contributed by atoms with Gasteiger partial charge in [-0.1, -0.05) is 25.5 Å². The highest BCUT2D eigenvalue weighted by atomic mass is 16.2. The summed E-state index contributed by atoms with van der Waals surface area (Å²) in [6.07, 6.45) is 1.00. The van der Waals surface area contributed by atoms with Crippen LogP contribution in [-0.2, 0) is 0 Å². The van der Waals surface area contributed by atoms with Crippen molar-refractivity contribution in [2.24, 2.45) is 5.92 Å². The first-order valence-corrected chi connectivity index (χ1v) is 6.69. The molecule has 1 aromatic carbocycles. The molecule has 0 saturated heterocycles. The average Bonchev–Trinajstić information content (AvgIpc) is 2.77. The van der Waals surface area contributed by atoms with Gasteiger partial charge in [0.05, 0.1) is 5.52 Å². The smallest absolute Gasteiger partial charge is 0.274 e. The average molecular weight is 259 g/mol. The first-order chi connectivity index (χ1) is 8.99. The fraction of sp³-hybridized carbons (Fsp3) is 0.467. The molecular weight excluding hydrogens is 238 g/mol. The number of rotatable bonds is 4. The van der Waals surface area contributed by atoms with Gasteiger partial charge in [-0.25, -0.2) is 0 Å². The van der Waals surface area contributed by atoms with Crippen LogP contribution >= 0.6 is 0 Å². The highest BCUT2D eigenvalue weighted by molar-refractivity contribution is 6.04. The van der Waals surface area contributed by atoms with Crippen LogP contribution in [0, 0.1) is 12.8 Å². The van der Waals surface area contributed by atoms with E-state index in [0.29, 0.717) is 11.6 Å². The molecule has 0 radical (unpaired) electrons. The van der Waals surface area contributed by atoms with Crippen LogP contribution in [0.2, 0.25) is 0 Å². The number of nitrogens with zero attached hydrogens (tertiary/aromatic N) is 2. The highest BCUT2D eigenvalue weighted by Gasteiger charge is 2.18. The Morgan fingerprint density at radius 3 is 2.84 bits per heavy atom. The van der Waals surface area contributed by atoms with Crippen LogP contribution < -0.4 is 0 Å². The van der Waals surface area contributed by atoms with Crippen molar-refractivity contribution >= 4 is 16.8 Å². The highest BCUT2D eigenvalue weighted by Crippen LogP contribution is 2.18. The predicted molar refractivity (Wildman–Crippen MR) is 77.2 cm³/mol. The number of carbonyl (C=O) groups excluding carboxylic acids is 1. The van der Waals surface area contributed by atoms with Crippen molar-refractivity contribution in [1.29, 1.82) is 0 Å². The fourth-order valence-corrected chi connectivity index (χ4v) is 2.03. The van der Waals surface area contributed by atoms with E-state index in [1.165, 1.54) is 0 Å². The van der Waals surface area contributed by atoms with Gasteiger partial charge in [0, 0.05) is 19.0 Å². The fourth-order valence-electron chi connectivity index (χ4n) is 2.03. The summed E-state index contributed by atoms with van der Waals surface area (Å²) in [6.45, 7) is 7.09. The molecule has 0 bridgehead atoms. The van der Waals surface area contributed by atoms with Gasteiger partial charge in [-0.3, -0.25) is 9.89 Å². The molecule has 0 fully saturated rings. The van der Waals surface area contributed by atoms with Crippen LogP contribution in [-0.4, -0.2) is 34.6 Å². The molecule has 0 unspecified atom stereocenters. The van der Waals surface area contributed by atoms with Crippen LogP contribution in [0.3, 0.4) is 0 Å². The molecule has 1 heterocycles. The van der Waals surface area contributed by atoms with Crippen molar-refractivity contribution in [2.45, 2.75) is 27.2 Å². The molecule has 4 nitrogen and oxygen atoms in total. The van der Waals surface area contributed by atoms with Gasteiger partial charge < -0.3 is 4.90 Å². The Balaban J connectivity index is 2.23. The number of hydrogen-bond acceptors (Lipinski definition) is 2. The van der Waals surface area contributed by atoms with E-state index in [1.807, 2.05) is 32.2 Å². The van der Waals surface area contributed by atoms with E-state index < -0.39 is 0 Å². The molecule has 1 amide bonds. The molecule has 0 aliphatic rings. The first-order valence-electron chi connectivity index (χ1n) is 6.69. The molecule has 0 atom stereocenters. The quantitative estimate of drug-likeness (QED) is 0.917. The molecule has 1 aromatic heterocycles. The molecule has 102 valence electrons. The number of amides is 1. The van der Waals surface area contributed by atoms with Crippen molar-refractivity contribution in [3.63, 3.8) is 0 Å². The zero-order valence-corrected chi connectivity index (χ0v) is 12.0. The molecule has 2 aromatic rings. The van der Waals surface area contributed by atoms with E-state index in [2.05, 4.69) is 24.0 Å². The summed E-state index contributed by atoms with van der Waals surface area (Å²) >= 11 is 0. The Labute approximate surface area is 113 Å². The minimum Gasteiger partial charge on any atom is -0.340 e. The molecule has 0 spiro atoms. The number of hydrogen-bond donors (Lipinski definition) is 1. The van der Waals surface area contributed by atoms with E-state index in [-0.39, 0.29) is 5.91 Å². The Morgan fingerprint density at radius 1 is 1.42 bits per heavy atom. The van der Waals surface area contributed by atoms with Gasteiger partial charge in [0.15, 0.2) is 5.69 Å². The molecule has 4 heteroatoms. The van der Waals surface area contributed by atoms with Gasteiger partial charge in [0.25, 0.3) is 5.91 Å². The van der Waals surface area contributed by atoms with Gasteiger partial charge >= 0.3 is 0 Å². The topological polar surface area (TPSA) is 49.0 Å². The number of nitrogens with one attached hydrogen (secondary N) is 1. The van der Waals surface area contributed by atoms with E-state index >= 15 is 0 Å². The van der Waals surface area contributed by atoms with Crippen LogP contribution in [0.4, 0.5) is 0 Å². The minimum atomic E-state index is -0.0162. The number of benzene rings is 1. The van der Waals surface area contributed by atoms with Crippen LogP contribution in [0.5, 0.6) is 0 Å². The lowest BCUT2D eigenvalue weighted by Crippen LogP contribution is -2.28. The summed E-state index contributed by atoms with van der Waals surface area (Å²) in [5, 5.41) is 7.99. The van der Waals surface area contributed by atoms with Crippen LogP contribution in [0.15, 0.2) is 18.2 Å².